The Kier molecular flexibility index (Phi) is 11.5. The van der Waals surface area contributed by atoms with Gasteiger partial charge in [-0.2, -0.15) is 8.42 Å². The standard InChI is InChI=1S/C23H50O4SSi/c1-8-9-16-19-22(27-28(5,24)25)20-17-14-12-10-11-13-15-18-21-26-29(6,7)23(2,3)4/h22H,8-21H2,1-7H3/t22-/m0/s1/i17D2,20D2. The number of unbranched alkanes of at least 4 members (excludes halogenated alkanes) is 7. The number of hydrogen-bond donors (Lipinski definition) is 0. The van der Waals surface area contributed by atoms with Gasteiger partial charge in [0.15, 0.2) is 8.32 Å². The molecule has 0 aromatic rings. The van der Waals surface area contributed by atoms with Crippen molar-refractivity contribution >= 4 is 18.4 Å². The fourth-order valence-corrected chi connectivity index (χ4v) is 4.34. The van der Waals surface area contributed by atoms with Crippen molar-refractivity contribution in [1.82, 2.24) is 0 Å². The van der Waals surface area contributed by atoms with Gasteiger partial charge in [0, 0.05) is 12.1 Å². The Morgan fingerprint density at radius 3 is 2.00 bits per heavy atom. The van der Waals surface area contributed by atoms with Crippen molar-refractivity contribution in [3.8, 4) is 0 Å². The number of hydrogen-bond acceptors (Lipinski definition) is 4. The van der Waals surface area contributed by atoms with Crippen molar-refractivity contribution in [2.75, 3.05) is 12.9 Å². The monoisotopic (exact) mass is 454 g/mol. The SMILES string of the molecule is [2H]C([2H])(CCCCCCCCO[Si](C)(C)C(C)(C)C)C([2H])([2H])[C@H](CCCCC)OS(C)(=O)=O. The summed E-state index contributed by atoms with van der Waals surface area (Å²) in [6.07, 6.45) is 3.11. The molecule has 0 radical (unpaired) electrons. The summed E-state index contributed by atoms with van der Waals surface area (Å²) >= 11 is 0. The molecule has 0 bridgehead atoms. The zero-order valence-corrected chi connectivity index (χ0v) is 21.9. The van der Waals surface area contributed by atoms with Crippen molar-refractivity contribution in [1.29, 1.82) is 0 Å². The van der Waals surface area contributed by atoms with E-state index < -0.39 is 37.3 Å². The Hall–Kier alpha value is 0.0869. The van der Waals surface area contributed by atoms with Crippen LogP contribution in [0.5, 0.6) is 0 Å². The average Bonchev–Trinajstić information content (AvgIpc) is 2.63. The van der Waals surface area contributed by atoms with Crippen molar-refractivity contribution in [2.24, 2.45) is 0 Å². The van der Waals surface area contributed by atoms with Crippen LogP contribution in [0.1, 0.15) is 117 Å². The van der Waals surface area contributed by atoms with Crippen LogP contribution in [-0.2, 0) is 18.7 Å². The largest absolute Gasteiger partial charge is 0.417 e. The second kappa shape index (κ2) is 15.0. The van der Waals surface area contributed by atoms with E-state index in [1.807, 2.05) is 6.92 Å². The first-order chi connectivity index (χ1) is 14.9. The van der Waals surface area contributed by atoms with E-state index in [-0.39, 0.29) is 17.9 Å². The van der Waals surface area contributed by atoms with Crippen molar-refractivity contribution in [3.63, 3.8) is 0 Å². The van der Waals surface area contributed by atoms with Gasteiger partial charge in [-0.3, -0.25) is 4.18 Å². The molecule has 6 heteroatoms. The summed E-state index contributed by atoms with van der Waals surface area (Å²) in [5, 5.41) is 0.221. The van der Waals surface area contributed by atoms with E-state index >= 15 is 0 Å². The van der Waals surface area contributed by atoms with E-state index in [9.17, 15) is 8.42 Å². The zero-order valence-electron chi connectivity index (χ0n) is 24.1. The summed E-state index contributed by atoms with van der Waals surface area (Å²) < 4.78 is 67.9. The highest BCUT2D eigenvalue weighted by Gasteiger charge is 2.36. The van der Waals surface area contributed by atoms with Crippen LogP contribution < -0.4 is 0 Å². The fourth-order valence-electron chi connectivity index (χ4n) is 2.69. The first-order valence-corrected chi connectivity index (χ1v) is 16.1. The zero-order chi connectivity index (χ0) is 26.0. The molecule has 0 aliphatic carbocycles. The van der Waals surface area contributed by atoms with E-state index in [1.165, 1.54) is 0 Å². The molecule has 1 atom stereocenters. The smallest absolute Gasteiger partial charge is 0.264 e. The lowest BCUT2D eigenvalue weighted by molar-refractivity contribution is 0.182. The lowest BCUT2D eigenvalue weighted by Gasteiger charge is -2.36. The van der Waals surface area contributed by atoms with Crippen LogP contribution in [0.15, 0.2) is 0 Å². The van der Waals surface area contributed by atoms with Crippen LogP contribution in [0.2, 0.25) is 18.1 Å². The molecule has 0 saturated carbocycles. The molecule has 0 amide bonds. The molecule has 0 rings (SSSR count). The summed E-state index contributed by atoms with van der Waals surface area (Å²) in [5.41, 5.74) is 0. The van der Waals surface area contributed by atoms with Gasteiger partial charge in [0.25, 0.3) is 10.1 Å². The molecule has 0 aromatic heterocycles. The van der Waals surface area contributed by atoms with Crippen LogP contribution in [0.4, 0.5) is 0 Å². The van der Waals surface area contributed by atoms with Gasteiger partial charge in [0.2, 0.25) is 0 Å². The molecule has 176 valence electrons. The van der Waals surface area contributed by atoms with Crippen molar-refractivity contribution in [2.45, 2.75) is 135 Å². The van der Waals surface area contributed by atoms with Gasteiger partial charge in [-0.05, 0) is 37.3 Å². The molecule has 29 heavy (non-hydrogen) atoms. The van der Waals surface area contributed by atoms with Crippen molar-refractivity contribution < 1.29 is 22.5 Å². The first-order valence-electron chi connectivity index (χ1n) is 13.4. The molecule has 0 spiro atoms. The van der Waals surface area contributed by atoms with Gasteiger partial charge >= 0.3 is 0 Å². The van der Waals surface area contributed by atoms with E-state index in [4.69, 9.17) is 14.1 Å². The summed E-state index contributed by atoms with van der Waals surface area (Å²) in [5.74, 6) is 0. The van der Waals surface area contributed by atoms with E-state index in [0.29, 0.717) is 12.8 Å². The lowest BCUT2D eigenvalue weighted by Crippen LogP contribution is -2.40. The minimum absolute atomic E-state index is 0.0475. The highest BCUT2D eigenvalue weighted by molar-refractivity contribution is 7.86. The second-order valence-corrected chi connectivity index (χ2v) is 16.0. The third-order valence-electron chi connectivity index (χ3n) is 5.59. The summed E-state index contributed by atoms with van der Waals surface area (Å²) in [4.78, 5) is 0. The van der Waals surface area contributed by atoms with E-state index in [2.05, 4.69) is 33.9 Å². The predicted octanol–water partition coefficient (Wildman–Crippen LogP) is 7.44. The quantitative estimate of drug-likeness (QED) is 0.123. The minimum Gasteiger partial charge on any atom is -0.417 e. The van der Waals surface area contributed by atoms with Gasteiger partial charge in [0.05, 0.1) is 12.4 Å². The Morgan fingerprint density at radius 2 is 1.48 bits per heavy atom. The first kappa shape index (κ1) is 22.3. The van der Waals surface area contributed by atoms with E-state index in [1.54, 1.807) is 0 Å². The lowest BCUT2D eigenvalue weighted by atomic mass is 10.0. The van der Waals surface area contributed by atoms with Gasteiger partial charge < -0.3 is 4.43 Å². The summed E-state index contributed by atoms with van der Waals surface area (Å²) in [6, 6.07) is 0. The van der Waals surface area contributed by atoms with Gasteiger partial charge in [-0.25, -0.2) is 0 Å². The topological polar surface area (TPSA) is 52.6 Å². The molecule has 0 fully saturated rings. The molecule has 0 N–H and O–H groups in total. The molecular formula is C23H50O4SSi. The fraction of sp³-hybridized carbons (Fsp3) is 1.00. The normalized spacial score (nSPS) is 17.3. The van der Waals surface area contributed by atoms with Gasteiger partial charge in [-0.15, -0.1) is 0 Å². The Morgan fingerprint density at radius 1 is 0.931 bits per heavy atom. The molecule has 0 aliphatic heterocycles. The molecule has 4 nitrogen and oxygen atoms in total. The van der Waals surface area contributed by atoms with Gasteiger partial charge in [-0.1, -0.05) is 91.9 Å². The third kappa shape index (κ3) is 16.5. The van der Waals surface area contributed by atoms with Crippen LogP contribution in [0, 0.1) is 0 Å². The number of rotatable bonds is 18. The van der Waals surface area contributed by atoms with E-state index in [0.717, 1.165) is 57.8 Å². The highest BCUT2D eigenvalue weighted by Crippen LogP contribution is 2.36. The third-order valence-corrected chi connectivity index (χ3v) is 10.7. The Balaban J connectivity index is 4.47. The molecule has 0 unspecified atom stereocenters. The second-order valence-electron chi connectivity index (χ2n) is 9.59. The molecule has 0 heterocycles. The maximum Gasteiger partial charge on any atom is 0.264 e. The van der Waals surface area contributed by atoms with Crippen LogP contribution >= 0.6 is 0 Å². The maximum atomic E-state index is 11.6. The summed E-state index contributed by atoms with van der Waals surface area (Å²) in [6.45, 7) is 14.0. The molecule has 0 saturated heterocycles. The predicted molar refractivity (Wildman–Crippen MR) is 129 cm³/mol. The highest BCUT2D eigenvalue weighted by atomic mass is 32.2. The van der Waals surface area contributed by atoms with Crippen LogP contribution in [0.25, 0.3) is 0 Å². The molecule has 0 aliphatic rings. The minimum atomic E-state index is -3.88. The van der Waals surface area contributed by atoms with Gasteiger partial charge in [0.1, 0.15) is 0 Å². The summed E-state index contributed by atoms with van der Waals surface area (Å²) in [7, 11) is -5.56. The molecule has 0 aromatic carbocycles. The van der Waals surface area contributed by atoms with Crippen LogP contribution in [0.3, 0.4) is 0 Å². The van der Waals surface area contributed by atoms with Crippen molar-refractivity contribution in [3.05, 3.63) is 0 Å². The molecular weight excluding hydrogens is 400 g/mol. The Labute approximate surface area is 189 Å². The average molecular weight is 455 g/mol. The Bertz CT molecular complexity index is 649. The maximum absolute atomic E-state index is 11.6. The van der Waals surface area contributed by atoms with Crippen LogP contribution in [-0.4, -0.2) is 35.7 Å².